The number of amides is 1. The number of hydrogen-bond acceptors (Lipinski definition) is 3. The first-order valence-corrected chi connectivity index (χ1v) is 7.04. The standard InChI is InChI=1S/C15H23FN2O2/c1-2-3-8-18(9-5-10-19)12-15(20)17-14-7-4-6-13(16)11-14/h4,6-7,11,19H,2-3,5,8-10,12H2,1H3,(H,17,20). The van der Waals surface area contributed by atoms with Crippen LogP contribution in [-0.4, -0.2) is 42.2 Å². The molecule has 0 aromatic heterocycles. The number of hydrogen-bond donors (Lipinski definition) is 2. The molecule has 0 aliphatic carbocycles. The van der Waals surface area contributed by atoms with Crippen LogP contribution >= 0.6 is 0 Å². The first-order chi connectivity index (χ1) is 9.65. The average molecular weight is 282 g/mol. The number of unbranched alkanes of at least 4 members (excludes halogenated alkanes) is 1. The summed E-state index contributed by atoms with van der Waals surface area (Å²) < 4.78 is 13.0. The number of carbonyl (C=O) groups excluding carboxylic acids is 1. The summed E-state index contributed by atoms with van der Waals surface area (Å²) in [5.41, 5.74) is 0.465. The summed E-state index contributed by atoms with van der Waals surface area (Å²) in [6.07, 6.45) is 2.72. The molecule has 0 saturated carbocycles. The van der Waals surface area contributed by atoms with Gasteiger partial charge in [0.2, 0.25) is 5.91 Å². The van der Waals surface area contributed by atoms with Crippen molar-refractivity contribution in [1.29, 1.82) is 0 Å². The van der Waals surface area contributed by atoms with E-state index >= 15 is 0 Å². The van der Waals surface area contributed by atoms with Crippen molar-refractivity contribution in [2.24, 2.45) is 0 Å². The van der Waals surface area contributed by atoms with Crippen LogP contribution < -0.4 is 5.32 Å². The summed E-state index contributed by atoms with van der Waals surface area (Å²) >= 11 is 0. The highest BCUT2D eigenvalue weighted by atomic mass is 19.1. The summed E-state index contributed by atoms with van der Waals surface area (Å²) in [6, 6.07) is 5.85. The van der Waals surface area contributed by atoms with Crippen molar-refractivity contribution in [3.63, 3.8) is 0 Å². The van der Waals surface area contributed by atoms with E-state index in [9.17, 15) is 9.18 Å². The lowest BCUT2D eigenvalue weighted by molar-refractivity contribution is -0.117. The molecule has 0 spiro atoms. The fourth-order valence-corrected chi connectivity index (χ4v) is 1.92. The monoisotopic (exact) mass is 282 g/mol. The zero-order chi connectivity index (χ0) is 14.8. The van der Waals surface area contributed by atoms with Crippen LogP contribution in [0.3, 0.4) is 0 Å². The summed E-state index contributed by atoms with van der Waals surface area (Å²) in [5.74, 6) is -0.532. The summed E-state index contributed by atoms with van der Waals surface area (Å²) in [7, 11) is 0. The maximum Gasteiger partial charge on any atom is 0.238 e. The molecule has 5 heteroatoms. The molecule has 1 aromatic rings. The fraction of sp³-hybridized carbons (Fsp3) is 0.533. The Kier molecular flexibility index (Phi) is 7.84. The topological polar surface area (TPSA) is 52.6 Å². The number of nitrogens with zero attached hydrogens (tertiary/aromatic N) is 1. The van der Waals surface area contributed by atoms with Crippen LogP contribution in [-0.2, 0) is 4.79 Å². The van der Waals surface area contributed by atoms with Gasteiger partial charge in [0.1, 0.15) is 5.82 Å². The number of nitrogens with one attached hydrogen (secondary N) is 1. The lowest BCUT2D eigenvalue weighted by Crippen LogP contribution is -2.35. The molecule has 0 saturated heterocycles. The van der Waals surface area contributed by atoms with Crippen LogP contribution in [0.2, 0.25) is 0 Å². The molecule has 0 aliphatic heterocycles. The fourth-order valence-electron chi connectivity index (χ4n) is 1.92. The van der Waals surface area contributed by atoms with E-state index in [0.717, 1.165) is 19.4 Å². The van der Waals surface area contributed by atoms with Gasteiger partial charge >= 0.3 is 0 Å². The second kappa shape index (κ2) is 9.44. The minimum atomic E-state index is -0.370. The molecule has 0 bridgehead atoms. The SMILES string of the molecule is CCCCN(CCCO)CC(=O)Nc1cccc(F)c1. The van der Waals surface area contributed by atoms with Crippen LogP contribution in [0.5, 0.6) is 0 Å². The Morgan fingerprint density at radius 1 is 1.35 bits per heavy atom. The first kappa shape index (κ1) is 16.6. The number of aliphatic hydroxyl groups is 1. The van der Waals surface area contributed by atoms with E-state index < -0.39 is 0 Å². The quantitative estimate of drug-likeness (QED) is 0.730. The Morgan fingerprint density at radius 2 is 2.10 bits per heavy atom. The van der Waals surface area contributed by atoms with E-state index in [0.29, 0.717) is 18.7 Å². The number of anilines is 1. The largest absolute Gasteiger partial charge is 0.396 e. The van der Waals surface area contributed by atoms with Crippen LogP contribution in [0.4, 0.5) is 10.1 Å². The van der Waals surface area contributed by atoms with Crippen LogP contribution in [0.25, 0.3) is 0 Å². The minimum Gasteiger partial charge on any atom is -0.396 e. The predicted molar refractivity (Wildman–Crippen MR) is 78.1 cm³/mol. The maximum absolute atomic E-state index is 13.0. The molecule has 2 N–H and O–H groups in total. The van der Waals surface area contributed by atoms with E-state index in [1.807, 2.05) is 4.90 Å². The maximum atomic E-state index is 13.0. The molecule has 1 aromatic carbocycles. The van der Waals surface area contributed by atoms with Crippen molar-refractivity contribution in [3.8, 4) is 0 Å². The Bertz CT molecular complexity index is 405. The predicted octanol–water partition coefficient (Wildman–Crippen LogP) is 2.25. The number of benzene rings is 1. The van der Waals surface area contributed by atoms with Gasteiger partial charge in [-0.3, -0.25) is 9.69 Å². The zero-order valence-electron chi connectivity index (χ0n) is 11.9. The van der Waals surface area contributed by atoms with Crippen LogP contribution in [0, 0.1) is 5.82 Å². The minimum absolute atomic E-state index is 0.119. The zero-order valence-corrected chi connectivity index (χ0v) is 11.9. The van der Waals surface area contributed by atoms with E-state index in [4.69, 9.17) is 5.11 Å². The number of halogens is 1. The molecule has 0 radical (unpaired) electrons. The molecular formula is C15H23FN2O2. The normalized spacial score (nSPS) is 10.8. The van der Waals surface area contributed by atoms with E-state index in [1.165, 1.54) is 12.1 Å². The van der Waals surface area contributed by atoms with Crippen molar-refractivity contribution in [2.45, 2.75) is 26.2 Å². The van der Waals surface area contributed by atoms with Crippen molar-refractivity contribution >= 4 is 11.6 Å². The molecule has 4 nitrogen and oxygen atoms in total. The Labute approximate surface area is 119 Å². The van der Waals surface area contributed by atoms with Crippen LogP contribution in [0.1, 0.15) is 26.2 Å². The van der Waals surface area contributed by atoms with E-state index in [2.05, 4.69) is 12.2 Å². The lowest BCUT2D eigenvalue weighted by atomic mass is 10.2. The summed E-state index contributed by atoms with van der Waals surface area (Å²) in [5, 5.41) is 11.6. The van der Waals surface area contributed by atoms with Gasteiger partial charge in [-0.05, 0) is 37.6 Å². The molecular weight excluding hydrogens is 259 g/mol. The number of rotatable bonds is 9. The molecule has 1 amide bonds. The first-order valence-electron chi connectivity index (χ1n) is 7.04. The van der Waals surface area contributed by atoms with E-state index in [1.54, 1.807) is 12.1 Å². The third-order valence-electron chi connectivity index (χ3n) is 2.94. The van der Waals surface area contributed by atoms with Crippen molar-refractivity contribution in [3.05, 3.63) is 30.1 Å². The van der Waals surface area contributed by atoms with Gasteiger partial charge in [0.25, 0.3) is 0 Å². The molecule has 0 heterocycles. The highest BCUT2D eigenvalue weighted by molar-refractivity contribution is 5.92. The van der Waals surface area contributed by atoms with E-state index in [-0.39, 0.29) is 24.9 Å². The molecule has 0 fully saturated rings. The second-order valence-electron chi connectivity index (χ2n) is 4.77. The van der Waals surface area contributed by atoms with Gasteiger partial charge in [-0.15, -0.1) is 0 Å². The Hall–Kier alpha value is -1.46. The molecule has 1 rings (SSSR count). The van der Waals surface area contributed by atoms with Crippen molar-refractivity contribution < 1.29 is 14.3 Å². The second-order valence-corrected chi connectivity index (χ2v) is 4.77. The smallest absolute Gasteiger partial charge is 0.238 e. The molecule has 0 aliphatic rings. The molecule has 112 valence electrons. The Balaban J connectivity index is 2.47. The third kappa shape index (κ3) is 6.63. The van der Waals surface area contributed by atoms with Gasteiger partial charge in [0.05, 0.1) is 6.54 Å². The highest BCUT2D eigenvalue weighted by Gasteiger charge is 2.10. The Morgan fingerprint density at radius 3 is 2.75 bits per heavy atom. The van der Waals surface area contributed by atoms with Crippen molar-refractivity contribution in [2.75, 3.05) is 31.6 Å². The van der Waals surface area contributed by atoms with Gasteiger partial charge in [0.15, 0.2) is 0 Å². The summed E-state index contributed by atoms with van der Waals surface area (Å²) in [4.78, 5) is 13.9. The lowest BCUT2D eigenvalue weighted by Gasteiger charge is -2.21. The van der Waals surface area contributed by atoms with Gasteiger partial charge in [0, 0.05) is 18.8 Å². The average Bonchev–Trinajstić information content (AvgIpc) is 2.41. The molecule has 0 unspecified atom stereocenters. The molecule has 20 heavy (non-hydrogen) atoms. The van der Waals surface area contributed by atoms with Gasteiger partial charge in [-0.25, -0.2) is 4.39 Å². The highest BCUT2D eigenvalue weighted by Crippen LogP contribution is 2.09. The van der Waals surface area contributed by atoms with Crippen LogP contribution in [0.15, 0.2) is 24.3 Å². The van der Waals surface area contributed by atoms with Gasteiger partial charge in [-0.2, -0.15) is 0 Å². The van der Waals surface area contributed by atoms with Gasteiger partial charge in [-0.1, -0.05) is 19.4 Å². The number of aliphatic hydroxyl groups excluding tert-OH is 1. The van der Waals surface area contributed by atoms with Gasteiger partial charge < -0.3 is 10.4 Å². The third-order valence-corrected chi connectivity index (χ3v) is 2.94. The molecule has 0 atom stereocenters. The number of carbonyl (C=O) groups is 1. The van der Waals surface area contributed by atoms with Crippen molar-refractivity contribution in [1.82, 2.24) is 4.90 Å². The summed E-state index contributed by atoms with van der Waals surface area (Å²) in [6.45, 7) is 3.99.